The number of halogens is 10. The highest BCUT2D eigenvalue weighted by Crippen LogP contribution is 2.63. The Bertz CT molecular complexity index is 2940. The molecule has 4 unspecified atom stereocenters. The first-order valence-corrected chi connectivity index (χ1v) is 26.9. The number of aromatic nitrogens is 4. The van der Waals surface area contributed by atoms with Crippen molar-refractivity contribution >= 4 is 31.5 Å². The predicted octanol–water partition coefficient (Wildman–Crippen LogP) is 7.81. The average molecular weight is 1100 g/mol. The molecule has 2 amide bonds. The van der Waals surface area contributed by atoms with Crippen molar-refractivity contribution in [3.63, 3.8) is 0 Å². The summed E-state index contributed by atoms with van der Waals surface area (Å²) < 4.78 is 205. The van der Waals surface area contributed by atoms with E-state index in [2.05, 4.69) is 20.3 Å². The molecule has 28 heteroatoms. The number of alkyl halides is 10. The molecule has 0 spiro atoms. The van der Waals surface area contributed by atoms with E-state index in [4.69, 9.17) is 18.5 Å². The fraction of sp³-hybridized carbons (Fsp3) is 0.609. The summed E-state index contributed by atoms with van der Waals surface area (Å²) in [6.07, 6.45) is -9.75. The van der Waals surface area contributed by atoms with Gasteiger partial charge in [0.2, 0.25) is 11.8 Å². The van der Waals surface area contributed by atoms with Crippen LogP contribution in [0.1, 0.15) is 110 Å². The van der Waals surface area contributed by atoms with Gasteiger partial charge in [0.25, 0.3) is 23.7 Å². The fourth-order valence-corrected chi connectivity index (χ4v) is 10.9. The molecule has 4 heterocycles. The summed E-state index contributed by atoms with van der Waals surface area (Å²) in [5.41, 5.74) is -6.23. The summed E-state index contributed by atoms with van der Waals surface area (Å²) in [7, 11) is -7.46. The van der Waals surface area contributed by atoms with E-state index in [0.29, 0.717) is 26.7 Å². The zero-order chi connectivity index (χ0) is 54.4. The maximum absolute atomic E-state index is 13.8. The van der Waals surface area contributed by atoms with Gasteiger partial charge in [-0.25, -0.2) is 34.4 Å². The molecule has 6 atom stereocenters. The number of fused-ring (bicyclic) bond motifs is 2. The number of hydrogen-bond donors (Lipinski definition) is 0. The monoisotopic (exact) mass is 1100 g/mol. The van der Waals surface area contributed by atoms with Crippen molar-refractivity contribution in [3.05, 3.63) is 71.0 Å². The number of sulfone groups is 2. The first-order valence-electron chi connectivity index (χ1n) is 23.1. The molecular weight excluding hydrogens is 1050 g/mol. The van der Waals surface area contributed by atoms with Crippen LogP contribution in [0.15, 0.2) is 55.2 Å². The molecule has 404 valence electrons. The van der Waals surface area contributed by atoms with Crippen LogP contribution in [-0.4, -0.2) is 134 Å². The summed E-state index contributed by atoms with van der Waals surface area (Å²) in [6.45, 7) is 4.04. The summed E-state index contributed by atoms with van der Waals surface area (Å²) in [5, 5.41) is 7.20. The molecule has 0 N–H and O–H groups in total. The van der Waals surface area contributed by atoms with Crippen molar-refractivity contribution in [1.82, 2.24) is 30.1 Å². The van der Waals surface area contributed by atoms with E-state index in [0.717, 1.165) is 50.6 Å². The highest BCUT2D eigenvalue weighted by Gasteiger charge is 2.71. The van der Waals surface area contributed by atoms with Gasteiger partial charge < -0.3 is 28.3 Å². The van der Waals surface area contributed by atoms with Crippen molar-refractivity contribution in [2.45, 2.75) is 134 Å². The molecule has 2 saturated heterocycles. The number of rotatable bonds is 14. The Morgan fingerprint density at radius 2 is 0.959 bits per heavy atom. The minimum atomic E-state index is -4.50. The summed E-state index contributed by atoms with van der Waals surface area (Å²) in [6, 6.07) is 6.81. The molecule has 74 heavy (non-hydrogen) atoms. The number of benzene rings is 2. The van der Waals surface area contributed by atoms with E-state index in [1.807, 2.05) is 0 Å². The van der Waals surface area contributed by atoms with Crippen molar-refractivity contribution < 1.29 is 88.8 Å². The van der Waals surface area contributed by atoms with Crippen LogP contribution in [0.5, 0.6) is 11.5 Å². The number of hydrogen-bond acceptors (Lipinski definition) is 14. The summed E-state index contributed by atoms with van der Waals surface area (Å²) in [4.78, 5) is 37.5. The molecule has 4 saturated carbocycles. The number of piperidine rings is 2. The highest BCUT2D eigenvalue weighted by molar-refractivity contribution is 7.91. The Morgan fingerprint density at radius 1 is 0.622 bits per heavy atom. The maximum atomic E-state index is 13.8. The van der Waals surface area contributed by atoms with Gasteiger partial charge in [0, 0.05) is 52.5 Å². The smallest absolute Gasteiger partial charge is 0.401 e. The van der Waals surface area contributed by atoms with Crippen molar-refractivity contribution in [2.75, 3.05) is 38.7 Å². The lowest BCUT2D eigenvalue weighted by molar-refractivity contribution is -0.163. The lowest BCUT2D eigenvalue weighted by Crippen LogP contribution is -2.35. The van der Waals surface area contributed by atoms with Gasteiger partial charge in [-0.2, -0.15) is 36.3 Å². The van der Waals surface area contributed by atoms with Crippen LogP contribution in [-0.2, 0) is 41.3 Å². The third kappa shape index (κ3) is 9.36. The molecule has 10 rings (SSSR count). The summed E-state index contributed by atoms with van der Waals surface area (Å²) >= 11 is 0. The number of likely N-dealkylation sites (tertiary alicyclic amines) is 2. The normalized spacial score (nSPS) is 25.5. The molecule has 2 aromatic carbocycles. The molecule has 2 aliphatic heterocycles. The van der Waals surface area contributed by atoms with Crippen LogP contribution < -0.4 is 9.47 Å². The third-order valence-electron chi connectivity index (χ3n) is 15.3. The second kappa shape index (κ2) is 17.0. The molecule has 6 aliphatic rings. The lowest BCUT2D eigenvalue weighted by atomic mass is 10.0. The third-order valence-corrected chi connectivity index (χ3v) is 17.5. The van der Waals surface area contributed by atoms with Crippen LogP contribution in [0.3, 0.4) is 0 Å². The second-order valence-corrected chi connectivity index (χ2v) is 24.8. The van der Waals surface area contributed by atoms with Gasteiger partial charge in [0.1, 0.15) is 22.3 Å². The Hall–Kier alpha value is -5.54. The van der Waals surface area contributed by atoms with Crippen LogP contribution in [0.2, 0.25) is 0 Å². The SMILES string of the molecule is C[C@@H](Oc1ccc(S(C)(=O)=O)cc1C(=O)N1CC2CC2(c2nc(C3(C(F)(F)F)CC3)no2)C1)C(C)(F)F.C[C@H](Oc1ccc(S(C)(=O)=O)cc1C(=O)N1CC2CC2(c2nc(C3(C(F)(F)F)CC3)no2)C1)C(C)(F)F. The van der Waals surface area contributed by atoms with Gasteiger partial charge in [0.15, 0.2) is 43.5 Å². The van der Waals surface area contributed by atoms with E-state index in [-0.39, 0.29) is 108 Å². The van der Waals surface area contributed by atoms with Crippen molar-refractivity contribution in [1.29, 1.82) is 0 Å². The van der Waals surface area contributed by atoms with Gasteiger partial charge in [-0.3, -0.25) is 9.59 Å². The van der Waals surface area contributed by atoms with Gasteiger partial charge in [-0.05, 0) is 101 Å². The first-order chi connectivity index (χ1) is 34.0. The second-order valence-electron chi connectivity index (χ2n) is 20.8. The van der Waals surface area contributed by atoms with Gasteiger partial charge in [0.05, 0.1) is 31.7 Å². The Morgan fingerprint density at radius 3 is 1.24 bits per heavy atom. The van der Waals surface area contributed by atoms with Crippen LogP contribution >= 0.6 is 0 Å². The number of amides is 2. The number of carbonyl (C=O) groups excluding carboxylic acids is 2. The molecule has 2 aromatic heterocycles. The van der Waals surface area contributed by atoms with Crippen molar-refractivity contribution in [3.8, 4) is 11.5 Å². The molecule has 6 fully saturated rings. The van der Waals surface area contributed by atoms with Crippen LogP contribution in [0.25, 0.3) is 0 Å². The quantitative estimate of drug-likeness (QED) is 0.111. The van der Waals surface area contributed by atoms with Gasteiger partial charge >= 0.3 is 12.4 Å². The highest BCUT2D eigenvalue weighted by atomic mass is 32.2. The van der Waals surface area contributed by atoms with E-state index in [1.54, 1.807) is 0 Å². The molecule has 0 radical (unpaired) electrons. The minimum Gasteiger partial charge on any atom is -0.484 e. The van der Waals surface area contributed by atoms with E-state index < -0.39 is 101 Å². The van der Waals surface area contributed by atoms with Crippen LogP contribution in [0.4, 0.5) is 43.9 Å². The number of ether oxygens (including phenoxy) is 2. The maximum Gasteiger partial charge on any atom is 0.401 e. The molecular formula is C46H48F10N6O10S2. The Labute approximate surface area is 416 Å². The molecule has 0 bridgehead atoms. The van der Waals surface area contributed by atoms with E-state index in [9.17, 15) is 70.3 Å². The van der Waals surface area contributed by atoms with E-state index >= 15 is 0 Å². The Balaban J connectivity index is 0.000000182. The lowest BCUT2D eigenvalue weighted by Gasteiger charge is -2.25. The van der Waals surface area contributed by atoms with Gasteiger partial charge in [-0.15, -0.1) is 0 Å². The van der Waals surface area contributed by atoms with Crippen LogP contribution in [0, 0.1) is 11.8 Å². The Kier molecular flexibility index (Phi) is 12.2. The fourth-order valence-electron chi connectivity index (χ4n) is 9.64. The zero-order valence-corrected chi connectivity index (χ0v) is 41.8. The van der Waals surface area contributed by atoms with Gasteiger partial charge in [-0.1, -0.05) is 10.3 Å². The average Bonchev–Trinajstić information content (AvgIpc) is 4.28. The standard InChI is InChI=1S/2C23H24F5N3O5S/c2*1-12(20(2,24)25)35-16-5-4-14(37(3,33)34)8-15(16)17(32)31-10-13-9-21(13,11-31)19-29-18(30-36-19)22(6-7-22)23(26,27)28/h2*4-5,8,12-13H,6-7,9-11H2,1-3H3/t2*12-,13?,21?/m10/s1. The predicted molar refractivity (Wildman–Crippen MR) is 234 cm³/mol. The molecule has 4 aromatic rings. The largest absolute Gasteiger partial charge is 0.484 e. The topological polar surface area (TPSA) is 205 Å². The van der Waals surface area contributed by atoms with Crippen molar-refractivity contribution in [2.24, 2.45) is 11.8 Å². The van der Waals surface area contributed by atoms with E-state index in [1.165, 1.54) is 21.9 Å². The molecule has 16 nitrogen and oxygen atoms in total. The molecule has 4 aliphatic carbocycles. The zero-order valence-electron chi connectivity index (χ0n) is 40.2. The number of carbonyl (C=O) groups is 2. The number of nitrogens with zero attached hydrogens (tertiary/aromatic N) is 6. The minimum absolute atomic E-state index is 0.0268. The summed E-state index contributed by atoms with van der Waals surface area (Å²) in [5.74, 6) is -9.27. The first kappa shape index (κ1) is 53.3.